The van der Waals surface area contributed by atoms with Crippen molar-refractivity contribution in [3.63, 3.8) is 0 Å². The zero-order valence-corrected chi connectivity index (χ0v) is 12.0. The molecule has 0 amide bonds. The van der Waals surface area contributed by atoms with Gasteiger partial charge in [0.1, 0.15) is 0 Å². The number of benzene rings is 2. The minimum Gasteiger partial charge on any atom is -0.384 e. The summed E-state index contributed by atoms with van der Waals surface area (Å²) in [7, 11) is 0. The molecule has 2 aromatic rings. The zero-order chi connectivity index (χ0) is 14.4. The van der Waals surface area contributed by atoms with Crippen LogP contribution in [0.5, 0.6) is 0 Å². The molecular formula is C16H17F2NS. The SMILES string of the molecule is CC(CNc1ccc(SC(F)F)cc1)c1ccccc1. The van der Waals surface area contributed by atoms with Crippen molar-refractivity contribution in [2.45, 2.75) is 23.5 Å². The van der Waals surface area contributed by atoms with Gasteiger partial charge in [0.25, 0.3) is 5.76 Å². The van der Waals surface area contributed by atoms with Crippen LogP contribution >= 0.6 is 11.8 Å². The second-order valence-corrected chi connectivity index (χ2v) is 5.66. The Bertz CT molecular complexity index is 514. The number of hydrogen-bond acceptors (Lipinski definition) is 2. The highest BCUT2D eigenvalue weighted by Gasteiger charge is 2.06. The smallest absolute Gasteiger partial charge is 0.288 e. The lowest BCUT2D eigenvalue weighted by atomic mass is 10.0. The number of rotatable bonds is 6. The first-order valence-electron chi connectivity index (χ1n) is 6.49. The summed E-state index contributed by atoms with van der Waals surface area (Å²) in [5.41, 5.74) is 2.23. The lowest BCUT2D eigenvalue weighted by molar-refractivity contribution is 0.252. The van der Waals surface area contributed by atoms with Crippen molar-refractivity contribution >= 4 is 17.4 Å². The summed E-state index contributed by atoms with van der Waals surface area (Å²) in [5.74, 6) is -1.97. The number of thioether (sulfide) groups is 1. The van der Waals surface area contributed by atoms with Gasteiger partial charge in [-0.1, -0.05) is 49.0 Å². The summed E-state index contributed by atoms with van der Waals surface area (Å²) < 4.78 is 24.4. The van der Waals surface area contributed by atoms with Gasteiger partial charge in [0.2, 0.25) is 0 Å². The summed E-state index contributed by atoms with van der Waals surface area (Å²) >= 11 is 0.567. The van der Waals surface area contributed by atoms with Gasteiger partial charge in [0.15, 0.2) is 0 Å². The number of halogens is 2. The van der Waals surface area contributed by atoms with Crippen molar-refractivity contribution < 1.29 is 8.78 Å². The van der Waals surface area contributed by atoms with Gasteiger partial charge in [-0.05, 0) is 35.7 Å². The van der Waals surface area contributed by atoms with Crippen LogP contribution in [0.1, 0.15) is 18.4 Å². The minimum atomic E-state index is -2.37. The van der Waals surface area contributed by atoms with Crippen molar-refractivity contribution in [3.05, 3.63) is 60.2 Å². The first kappa shape index (κ1) is 14.9. The molecule has 2 aromatic carbocycles. The van der Waals surface area contributed by atoms with Crippen LogP contribution in [-0.4, -0.2) is 12.3 Å². The van der Waals surface area contributed by atoms with E-state index in [2.05, 4.69) is 24.4 Å². The average Bonchev–Trinajstić information content (AvgIpc) is 2.46. The van der Waals surface area contributed by atoms with E-state index >= 15 is 0 Å². The van der Waals surface area contributed by atoms with Gasteiger partial charge in [-0.25, -0.2) is 0 Å². The molecule has 0 heterocycles. The van der Waals surface area contributed by atoms with Crippen LogP contribution in [0.25, 0.3) is 0 Å². The molecule has 0 aliphatic heterocycles. The lowest BCUT2D eigenvalue weighted by Gasteiger charge is -2.14. The van der Waals surface area contributed by atoms with Crippen LogP contribution in [0.15, 0.2) is 59.5 Å². The summed E-state index contributed by atoms with van der Waals surface area (Å²) in [4.78, 5) is 0.585. The van der Waals surface area contributed by atoms with E-state index in [9.17, 15) is 8.78 Å². The molecule has 20 heavy (non-hydrogen) atoms. The molecule has 106 valence electrons. The van der Waals surface area contributed by atoms with Crippen molar-refractivity contribution in [2.75, 3.05) is 11.9 Å². The second kappa shape index (κ2) is 7.29. The molecule has 0 saturated carbocycles. The largest absolute Gasteiger partial charge is 0.384 e. The maximum atomic E-state index is 12.2. The quantitative estimate of drug-likeness (QED) is 0.733. The van der Waals surface area contributed by atoms with Crippen LogP contribution in [0.4, 0.5) is 14.5 Å². The van der Waals surface area contributed by atoms with Gasteiger partial charge in [0.05, 0.1) is 0 Å². The van der Waals surface area contributed by atoms with Crippen LogP contribution in [0.3, 0.4) is 0 Å². The van der Waals surface area contributed by atoms with Crippen molar-refractivity contribution in [2.24, 2.45) is 0 Å². The Hall–Kier alpha value is -1.55. The van der Waals surface area contributed by atoms with Crippen molar-refractivity contribution in [1.82, 2.24) is 0 Å². The van der Waals surface area contributed by atoms with E-state index in [4.69, 9.17) is 0 Å². The molecule has 1 atom stereocenters. The first-order chi connectivity index (χ1) is 9.65. The van der Waals surface area contributed by atoms with E-state index in [0.717, 1.165) is 12.2 Å². The molecule has 0 bridgehead atoms. The molecule has 0 spiro atoms. The summed E-state index contributed by atoms with van der Waals surface area (Å²) in [6.07, 6.45) is 0. The third-order valence-electron chi connectivity index (χ3n) is 3.06. The van der Waals surface area contributed by atoms with Crippen LogP contribution in [-0.2, 0) is 0 Å². The molecule has 1 nitrogen and oxygen atoms in total. The van der Waals surface area contributed by atoms with E-state index in [1.807, 2.05) is 30.3 Å². The monoisotopic (exact) mass is 293 g/mol. The van der Waals surface area contributed by atoms with Crippen molar-refractivity contribution in [3.8, 4) is 0 Å². The van der Waals surface area contributed by atoms with Gasteiger partial charge in [-0.3, -0.25) is 0 Å². The Morgan fingerprint density at radius 3 is 2.25 bits per heavy atom. The molecule has 0 saturated heterocycles. The van der Waals surface area contributed by atoms with E-state index in [0.29, 0.717) is 22.6 Å². The molecule has 0 aliphatic carbocycles. The summed E-state index contributed by atoms with van der Waals surface area (Å²) in [6.45, 7) is 2.97. The van der Waals surface area contributed by atoms with Gasteiger partial charge in [-0.15, -0.1) is 0 Å². The summed E-state index contributed by atoms with van der Waals surface area (Å²) in [5, 5.41) is 3.33. The molecule has 2 rings (SSSR count). The van der Waals surface area contributed by atoms with Gasteiger partial charge in [0, 0.05) is 17.1 Å². The highest BCUT2D eigenvalue weighted by molar-refractivity contribution is 7.99. The van der Waals surface area contributed by atoms with Gasteiger partial charge >= 0.3 is 0 Å². The molecule has 0 aromatic heterocycles. The number of nitrogens with one attached hydrogen (secondary N) is 1. The topological polar surface area (TPSA) is 12.0 Å². The zero-order valence-electron chi connectivity index (χ0n) is 11.2. The maximum absolute atomic E-state index is 12.2. The number of alkyl halides is 2. The van der Waals surface area contributed by atoms with E-state index in [-0.39, 0.29) is 0 Å². The Kier molecular flexibility index (Phi) is 5.41. The van der Waals surface area contributed by atoms with E-state index in [1.165, 1.54) is 5.56 Å². The highest BCUT2D eigenvalue weighted by atomic mass is 32.2. The third-order valence-corrected chi connectivity index (χ3v) is 3.78. The molecule has 4 heteroatoms. The van der Waals surface area contributed by atoms with Crippen LogP contribution in [0.2, 0.25) is 0 Å². The molecule has 0 fully saturated rings. The predicted octanol–water partition coefficient (Wildman–Crippen LogP) is 5.22. The molecule has 0 aliphatic rings. The number of hydrogen-bond donors (Lipinski definition) is 1. The standard InChI is InChI=1S/C16H17F2NS/c1-12(13-5-3-2-4-6-13)11-19-14-7-9-15(10-8-14)20-16(17)18/h2-10,12,16,19H,11H2,1H3. The molecule has 1 unspecified atom stereocenters. The van der Waals surface area contributed by atoms with Gasteiger partial charge in [-0.2, -0.15) is 8.78 Å². The Morgan fingerprint density at radius 2 is 1.65 bits per heavy atom. The highest BCUT2D eigenvalue weighted by Crippen LogP contribution is 2.26. The molecular weight excluding hydrogens is 276 g/mol. The second-order valence-electron chi connectivity index (χ2n) is 4.60. The molecule has 1 N–H and O–H groups in total. The maximum Gasteiger partial charge on any atom is 0.288 e. The Morgan fingerprint density at radius 1 is 1.00 bits per heavy atom. The molecule has 0 radical (unpaired) electrons. The first-order valence-corrected chi connectivity index (χ1v) is 7.37. The van der Waals surface area contributed by atoms with Gasteiger partial charge < -0.3 is 5.32 Å². The number of anilines is 1. The third kappa shape index (κ3) is 4.53. The Balaban J connectivity index is 1.88. The lowest BCUT2D eigenvalue weighted by Crippen LogP contribution is -2.09. The predicted molar refractivity (Wildman–Crippen MR) is 81.6 cm³/mol. The van der Waals surface area contributed by atoms with Crippen LogP contribution in [0, 0.1) is 0 Å². The summed E-state index contributed by atoms with van der Waals surface area (Å²) in [6, 6.07) is 17.4. The minimum absolute atomic E-state index is 0.395. The average molecular weight is 293 g/mol. The van der Waals surface area contributed by atoms with E-state index in [1.54, 1.807) is 12.1 Å². The van der Waals surface area contributed by atoms with E-state index < -0.39 is 5.76 Å². The van der Waals surface area contributed by atoms with Crippen molar-refractivity contribution in [1.29, 1.82) is 0 Å². The fraction of sp³-hybridized carbons (Fsp3) is 0.250. The fourth-order valence-electron chi connectivity index (χ4n) is 1.92. The van der Waals surface area contributed by atoms with Crippen LogP contribution < -0.4 is 5.32 Å². The Labute approximate surface area is 122 Å². The fourth-order valence-corrected chi connectivity index (χ4v) is 2.42. The normalized spacial score (nSPS) is 12.4.